The number of nitrogens with two attached hydrogens (primary N) is 1. The van der Waals surface area contributed by atoms with Crippen LogP contribution in [-0.2, 0) is 9.53 Å². The number of carbonyl (C=O) groups is 1. The number of thiocarbonyl (C=S) groups is 1. The van der Waals surface area contributed by atoms with E-state index in [0.717, 1.165) is 26.1 Å². The third kappa shape index (κ3) is 4.97. The Bertz CT molecular complexity index is 284. The fourth-order valence-corrected chi connectivity index (χ4v) is 1.90. The van der Waals surface area contributed by atoms with Crippen molar-refractivity contribution in [3.63, 3.8) is 0 Å². The van der Waals surface area contributed by atoms with Crippen molar-refractivity contribution in [1.29, 1.82) is 0 Å². The maximum Gasteiger partial charge on any atom is 0.222 e. The van der Waals surface area contributed by atoms with Gasteiger partial charge in [0.2, 0.25) is 5.91 Å². The van der Waals surface area contributed by atoms with Gasteiger partial charge in [0, 0.05) is 33.6 Å². The lowest BCUT2D eigenvalue weighted by Gasteiger charge is -2.32. The van der Waals surface area contributed by atoms with Gasteiger partial charge in [-0.2, -0.15) is 0 Å². The summed E-state index contributed by atoms with van der Waals surface area (Å²) in [7, 11) is 3.56. The monoisotopic (exact) mass is 259 g/mol. The summed E-state index contributed by atoms with van der Waals surface area (Å²) in [6.45, 7) is 3.17. The van der Waals surface area contributed by atoms with Crippen LogP contribution in [-0.4, -0.2) is 67.1 Å². The van der Waals surface area contributed by atoms with Crippen LogP contribution in [0, 0.1) is 0 Å². The van der Waals surface area contributed by atoms with Crippen LogP contribution < -0.4 is 5.73 Å². The van der Waals surface area contributed by atoms with Crippen LogP contribution in [0.25, 0.3) is 0 Å². The van der Waals surface area contributed by atoms with E-state index in [1.165, 1.54) is 0 Å². The van der Waals surface area contributed by atoms with Crippen LogP contribution in [0.2, 0.25) is 0 Å². The fourth-order valence-electron chi connectivity index (χ4n) is 1.76. The van der Waals surface area contributed by atoms with Crippen molar-refractivity contribution in [3.8, 4) is 0 Å². The van der Waals surface area contributed by atoms with Crippen LogP contribution >= 0.6 is 12.2 Å². The number of hydrogen-bond acceptors (Lipinski definition) is 4. The lowest BCUT2D eigenvalue weighted by Crippen LogP contribution is -2.48. The molecule has 1 aliphatic heterocycles. The Balaban J connectivity index is 2.23. The summed E-state index contributed by atoms with van der Waals surface area (Å²) >= 11 is 4.92. The highest BCUT2D eigenvalue weighted by Crippen LogP contribution is 2.07. The van der Waals surface area contributed by atoms with Gasteiger partial charge < -0.3 is 15.4 Å². The average Bonchev–Trinajstić information content (AvgIpc) is 2.29. The number of ether oxygens (including phenoxy) is 1. The zero-order valence-electron chi connectivity index (χ0n) is 10.5. The van der Waals surface area contributed by atoms with E-state index in [1.807, 2.05) is 0 Å². The second-order valence-electron chi connectivity index (χ2n) is 4.45. The van der Waals surface area contributed by atoms with Crippen molar-refractivity contribution in [2.75, 3.05) is 40.3 Å². The number of nitrogens with zero attached hydrogens (tertiary/aromatic N) is 2. The zero-order valence-corrected chi connectivity index (χ0v) is 11.3. The Kier molecular flexibility index (Phi) is 5.80. The molecule has 1 heterocycles. The lowest BCUT2D eigenvalue weighted by molar-refractivity contribution is -0.128. The molecule has 1 fully saturated rings. The van der Waals surface area contributed by atoms with Crippen molar-refractivity contribution >= 4 is 23.1 Å². The van der Waals surface area contributed by atoms with E-state index in [4.69, 9.17) is 22.7 Å². The first kappa shape index (κ1) is 14.3. The molecule has 2 N–H and O–H groups in total. The summed E-state index contributed by atoms with van der Waals surface area (Å²) in [5.74, 6) is 0.171. The van der Waals surface area contributed by atoms with Gasteiger partial charge in [0.15, 0.2) is 0 Å². The molecule has 0 aliphatic carbocycles. The topological polar surface area (TPSA) is 58.8 Å². The maximum atomic E-state index is 11.4. The fraction of sp³-hybridized carbons (Fsp3) is 0.818. The molecule has 6 heteroatoms. The molecular formula is C11H21N3O2S. The Labute approximate surface area is 108 Å². The summed E-state index contributed by atoms with van der Waals surface area (Å²) < 4.78 is 5.45. The second kappa shape index (κ2) is 6.88. The maximum absolute atomic E-state index is 11.4. The number of rotatable bonds is 5. The van der Waals surface area contributed by atoms with Crippen molar-refractivity contribution < 1.29 is 9.53 Å². The van der Waals surface area contributed by atoms with Gasteiger partial charge in [-0.25, -0.2) is 0 Å². The third-order valence-electron chi connectivity index (χ3n) is 2.83. The van der Waals surface area contributed by atoms with E-state index in [-0.39, 0.29) is 12.0 Å². The van der Waals surface area contributed by atoms with Gasteiger partial charge in [-0.3, -0.25) is 9.69 Å². The molecule has 1 saturated heterocycles. The Morgan fingerprint density at radius 1 is 1.59 bits per heavy atom. The molecule has 0 aromatic rings. The van der Waals surface area contributed by atoms with E-state index >= 15 is 0 Å². The van der Waals surface area contributed by atoms with Crippen LogP contribution in [0.3, 0.4) is 0 Å². The minimum absolute atomic E-state index is 0.136. The first-order chi connectivity index (χ1) is 8.00. The van der Waals surface area contributed by atoms with Crippen LogP contribution in [0.4, 0.5) is 0 Å². The van der Waals surface area contributed by atoms with Gasteiger partial charge >= 0.3 is 0 Å². The molecule has 0 saturated carbocycles. The average molecular weight is 259 g/mol. The van der Waals surface area contributed by atoms with Gasteiger partial charge in [-0.15, -0.1) is 0 Å². The van der Waals surface area contributed by atoms with Gasteiger partial charge in [0.25, 0.3) is 0 Å². The van der Waals surface area contributed by atoms with Crippen molar-refractivity contribution in [3.05, 3.63) is 0 Å². The Morgan fingerprint density at radius 3 is 2.88 bits per heavy atom. The minimum Gasteiger partial charge on any atom is -0.391 e. The number of amides is 1. The smallest absolute Gasteiger partial charge is 0.222 e. The van der Waals surface area contributed by atoms with E-state index in [0.29, 0.717) is 18.0 Å². The first-order valence-electron chi connectivity index (χ1n) is 5.84. The quantitative estimate of drug-likeness (QED) is 0.695. The van der Waals surface area contributed by atoms with Gasteiger partial charge in [-0.05, 0) is 13.0 Å². The predicted octanol–water partition coefficient (Wildman–Crippen LogP) is -0.158. The standard InChI is InChI=1S/C11H21N3O2S/c1-13(2)10(15)4-3-5-14-6-7-16-9(8-14)11(12)17/h9H,3-8H2,1-2H3,(H2,12,17). The van der Waals surface area contributed by atoms with Gasteiger partial charge in [-0.1, -0.05) is 12.2 Å². The largest absolute Gasteiger partial charge is 0.391 e. The number of hydrogen-bond donors (Lipinski definition) is 1. The summed E-state index contributed by atoms with van der Waals surface area (Å²) in [6.07, 6.45) is 1.31. The van der Waals surface area contributed by atoms with Crippen molar-refractivity contribution in [2.24, 2.45) is 5.73 Å². The lowest BCUT2D eigenvalue weighted by atomic mass is 10.2. The van der Waals surface area contributed by atoms with Crippen LogP contribution in [0.15, 0.2) is 0 Å². The highest BCUT2D eigenvalue weighted by atomic mass is 32.1. The summed E-state index contributed by atoms with van der Waals surface area (Å²) in [4.78, 5) is 15.7. The highest BCUT2D eigenvalue weighted by Gasteiger charge is 2.22. The molecule has 0 bridgehead atoms. The Hall–Kier alpha value is -0.720. The number of morpholine rings is 1. The normalized spacial score (nSPS) is 21.2. The predicted molar refractivity (Wildman–Crippen MR) is 70.9 cm³/mol. The van der Waals surface area contributed by atoms with Crippen molar-refractivity contribution in [1.82, 2.24) is 9.80 Å². The highest BCUT2D eigenvalue weighted by molar-refractivity contribution is 7.80. The van der Waals surface area contributed by atoms with Gasteiger partial charge in [0.1, 0.15) is 11.1 Å². The molecule has 0 radical (unpaired) electrons. The van der Waals surface area contributed by atoms with E-state index in [1.54, 1.807) is 19.0 Å². The van der Waals surface area contributed by atoms with E-state index in [9.17, 15) is 4.79 Å². The van der Waals surface area contributed by atoms with Gasteiger partial charge in [0.05, 0.1) is 6.61 Å². The molecule has 5 nitrogen and oxygen atoms in total. The van der Waals surface area contributed by atoms with E-state index in [2.05, 4.69) is 4.90 Å². The molecule has 1 atom stereocenters. The Morgan fingerprint density at radius 2 is 2.29 bits per heavy atom. The number of carbonyl (C=O) groups excluding carboxylic acids is 1. The summed E-state index contributed by atoms with van der Waals surface area (Å²) in [5.41, 5.74) is 5.57. The summed E-state index contributed by atoms with van der Waals surface area (Å²) in [6, 6.07) is 0. The summed E-state index contributed by atoms with van der Waals surface area (Å²) in [5, 5.41) is 0. The SMILES string of the molecule is CN(C)C(=O)CCCN1CCOC(C(N)=S)C1. The van der Waals surface area contributed by atoms with Crippen LogP contribution in [0.1, 0.15) is 12.8 Å². The molecule has 1 unspecified atom stereocenters. The molecular weight excluding hydrogens is 238 g/mol. The molecule has 0 aromatic heterocycles. The molecule has 98 valence electrons. The minimum atomic E-state index is -0.136. The molecule has 1 aliphatic rings. The first-order valence-corrected chi connectivity index (χ1v) is 6.25. The van der Waals surface area contributed by atoms with Crippen LogP contribution in [0.5, 0.6) is 0 Å². The molecule has 1 amide bonds. The van der Waals surface area contributed by atoms with Crippen molar-refractivity contribution in [2.45, 2.75) is 18.9 Å². The molecule has 1 rings (SSSR count). The zero-order chi connectivity index (χ0) is 12.8. The molecule has 0 spiro atoms. The van der Waals surface area contributed by atoms with E-state index < -0.39 is 0 Å². The molecule has 0 aromatic carbocycles. The third-order valence-corrected chi connectivity index (χ3v) is 3.09. The second-order valence-corrected chi connectivity index (χ2v) is 4.93. The molecule has 17 heavy (non-hydrogen) atoms.